The number of amides is 3. The number of ether oxygens (including phenoxy) is 4. The number of hydrogen-bond donors (Lipinski definition) is 11. The zero-order chi connectivity index (χ0) is 32.7. The van der Waals surface area contributed by atoms with Gasteiger partial charge in [-0.25, -0.2) is 0 Å². The Morgan fingerprint density at radius 2 is 1.59 bits per heavy atom. The van der Waals surface area contributed by atoms with Crippen LogP contribution in [0.2, 0.25) is 0 Å². The van der Waals surface area contributed by atoms with Gasteiger partial charge in [0.25, 0.3) is 0 Å². The topological polar surface area (TPSA) is 303 Å². The second-order valence-electron chi connectivity index (χ2n) is 11.5. The summed E-state index contributed by atoms with van der Waals surface area (Å²) in [4.78, 5) is 36.1. The molecule has 0 unspecified atom stereocenters. The lowest BCUT2D eigenvalue weighted by Gasteiger charge is -2.48. The SMILES string of the molecule is CC(=O)NC[C@@H]1CC[C@@H](NC(C)=O)[C@@H](O[C@H]2[C@H](O)[C@@H](O[C@H]3O[C@H](CO)[C@@H](O)[C@H](N)[C@H]3O)[C@H](NC(=O)[C@@H](O)CCN)C[C@@H]2N)O1. The minimum Gasteiger partial charge on any atom is -0.394 e. The molecule has 3 fully saturated rings. The van der Waals surface area contributed by atoms with Crippen molar-refractivity contribution in [3.8, 4) is 0 Å². The maximum atomic E-state index is 12.7. The molecule has 0 radical (unpaired) electrons. The molecule has 2 heterocycles. The van der Waals surface area contributed by atoms with Crippen molar-refractivity contribution in [2.75, 3.05) is 19.7 Å². The number of nitrogens with two attached hydrogens (primary N) is 3. The van der Waals surface area contributed by atoms with Crippen LogP contribution in [-0.4, -0.2) is 149 Å². The minimum atomic E-state index is -1.61. The van der Waals surface area contributed by atoms with Gasteiger partial charge in [0, 0.05) is 26.4 Å². The quantitative estimate of drug-likeness (QED) is 0.0950. The third-order valence-corrected chi connectivity index (χ3v) is 8.03. The average Bonchev–Trinajstić information content (AvgIpc) is 2.96. The van der Waals surface area contributed by atoms with Crippen molar-refractivity contribution in [2.24, 2.45) is 17.2 Å². The molecular weight excluding hydrogens is 588 g/mol. The Balaban J connectivity index is 1.86. The van der Waals surface area contributed by atoms with Crippen LogP contribution in [0.5, 0.6) is 0 Å². The van der Waals surface area contributed by atoms with E-state index < -0.39 is 98.1 Å². The number of aliphatic hydroxyl groups excluding tert-OH is 5. The van der Waals surface area contributed by atoms with Crippen molar-refractivity contribution in [3.63, 3.8) is 0 Å². The summed E-state index contributed by atoms with van der Waals surface area (Å²) in [6.45, 7) is 2.25. The van der Waals surface area contributed by atoms with E-state index in [4.69, 9.17) is 36.1 Å². The average molecular weight is 637 g/mol. The second-order valence-corrected chi connectivity index (χ2v) is 11.5. The van der Waals surface area contributed by atoms with Gasteiger partial charge in [-0.3, -0.25) is 14.4 Å². The van der Waals surface area contributed by atoms with Crippen LogP contribution in [0.1, 0.15) is 39.5 Å². The largest absolute Gasteiger partial charge is 0.394 e. The Labute approximate surface area is 254 Å². The van der Waals surface area contributed by atoms with E-state index in [1.807, 2.05) is 0 Å². The summed E-state index contributed by atoms with van der Waals surface area (Å²) in [5.41, 5.74) is 17.8. The Bertz CT molecular complexity index is 964. The standard InChI is InChI=1S/C26H48N6O12/c1-10(34)30-8-12-3-4-14(31-11(2)35)25(41-12)43-22-13(28)7-15(32-24(40)16(36)5-6-27)23(21(22)39)44-26-20(38)18(29)19(37)17(9-33)42-26/h12-23,25-26,33,36-39H,3-9,27-29H2,1-2H3,(H,30,34)(H,31,35)(H,32,40)/t12-,13-,14+,15+,16-,17+,18-,19+,20+,21-,22+,23-,25+,26+/m0/s1. The van der Waals surface area contributed by atoms with E-state index in [-0.39, 0.29) is 37.7 Å². The molecule has 14 atom stereocenters. The number of aliphatic hydroxyl groups is 5. The van der Waals surface area contributed by atoms with E-state index in [2.05, 4.69) is 16.0 Å². The maximum Gasteiger partial charge on any atom is 0.249 e. The first-order chi connectivity index (χ1) is 20.8. The third-order valence-electron chi connectivity index (χ3n) is 8.03. The van der Waals surface area contributed by atoms with Crippen LogP contribution in [0.25, 0.3) is 0 Å². The molecule has 2 saturated heterocycles. The number of carbonyl (C=O) groups excluding carboxylic acids is 3. The molecule has 14 N–H and O–H groups in total. The molecule has 0 aromatic rings. The van der Waals surface area contributed by atoms with Crippen molar-refractivity contribution in [3.05, 3.63) is 0 Å². The zero-order valence-corrected chi connectivity index (χ0v) is 24.9. The first-order valence-corrected chi connectivity index (χ1v) is 14.7. The number of rotatable bonds is 12. The van der Waals surface area contributed by atoms with E-state index in [0.717, 1.165) is 0 Å². The third kappa shape index (κ3) is 9.24. The van der Waals surface area contributed by atoms with Crippen LogP contribution < -0.4 is 33.2 Å². The molecule has 1 aliphatic carbocycles. The van der Waals surface area contributed by atoms with Crippen molar-refractivity contribution < 1.29 is 58.9 Å². The zero-order valence-electron chi connectivity index (χ0n) is 24.9. The van der Waals surface area contributed by atoms with Crippen LogP contribution in [0.15, 0.2) is 0 Å². The molecule has 44 heavy (non-hydrogen) atoms. The smallest absolute Gasteiger partial charge is 0.249 e. The van der Waals surface area contributed by atoms with Crippen molar-refractivity contribution >= 4 is 17.7 Å². The van der Waals surface area contributed by atoms with Crippen LogP contribution in [-0.2, 0) is 33.3 Å². The number of nitrogens with one attached hydrogen (secondary N) is 3. The summed E-state index contributed by atoms with van der Waals surface area (Å²) in [7, 11) is 0. The maximum absolute atomic E-state index is 12.7. The lowest BCUT2D eigenvalue weighted by Crippen LogP contribution is -2.69. The van der Waals surface area contributed by atoms with Gasteiger partial charge in [-0.1, -0.05) is 0 Å². The number of carbonyl (C=O) groups is 3. The van der Waals surface area contributed by atoms with Crippen LogP contribution in [0.3, 0.4) is 0 Å². The highest BCUT2D eigenvalue weighted by Gasteiger charge is 2.51. The summed E-state index contributed by atoms with van der Waals surface area (Å²) < 4.78 is 23.7. The van der Waals surface area contributed by atoms with E-state index in [1.165, 1.54) is 13.8 Å². The van der Waals surface area contributed by atoms with Gasteiger partial charge < -0.3 is 77.6 Å². The predicted octanol–water partition coefficient (Wildman–Crippen LogP) is -6.04. The van der Waals surface area contributed by atoms with Gasteiger partial charge in [0.2, 0.25) is 17.7 Å². The van der Waals surface area contributed by atoms with Gasteiger partial charge in [-0.2, -0.15) is 0 Å². The molecule has 18 nitrogen and oxygen atoms in total. The normalized spacial score (nSPS) is 40.1. The lowest BCUT2D eigenvalue weighted by molar-refractivity contribution is -0.314. The molecule has 3 rings (SSSR count). The second kappa shape index (κ2) is 16.5. The van der Waals surface area contributed by atoms with Crippen molar-refractivity contribution in [1.82, 2.24) is 16.0 Å². The highest BCUT2D eigenvalue weighted by atomic mass is 16.7. The summed E-state index contributed by atoms with van der Waals surface area (Å²) in [6.07, 6.45) is -12.2. The van der Waals surface area contributed by atoms with Crippen molar-refractivity contribution in [2.45, 2.75) is 125 Å². The fraction of sp³-hybridized carbons (Fsp3) is 0.885. The monoisotopic (exact) mass is 636 g/mol. The van der Waals surface area contributed by atoms with Gasteiger partial charge >= 0.3 is 0 Å². The molecule has 254 valence electrons. The van der Waals surface area contributed by atoms with Gasteiger partial charge in [-0.05, 0) is 32.2 Å². The van der Waals surface area contributed by atoms with Gasteiger partial charge in [0.15, 0.2) is 12.6 Å². The summed E-state index contributed by atoms with van der Waals surface area (Å²) in [5.74, 6) is -1.41. The first kappa shape index (κ1) is 36.4. The van der Waals surface area contributed by atoms with Crippen molar-refractivity contribution in [1.29, 1.82) is 0 Å². The first-order valence-electron chi connectivity index (χ1n) is 14.7. The van der Waals surface area contributed by atoms with Crippen LogP contribution >= 0.6 is 0 Å². The molecule has 3 amide bonds. The fourth-order valence-corrected chi connectivity index (χ4v) is 5.63. The highest BCUT2D eigenvalue weighted by molar-refractivity contribution is 5.80. The molecule has 3 aliphatic rings. The van der Waals surface area contributed by atoms with E-state index in [9.17, 15) is 39.9 Å². The molecule has 0 aromatic heterocycles. The predicted molar refractivity (Wildman–Crippen MR) is 150 cm³/mol. The molecule has 1 saturated carbocycles. The molecule has 18 heteroatoms. The minimum absolute atomic E-state index is 0.0297. The summed E-state index contributed by atoms with van der Waals surface area (Å²) in [5, 5.41) is 60.3. The van der Waals surface area contributed by atoms with E-state index >= 15 is 0 Å². The summed E-state index contributed by atoms with van der Waals surface area (Å²) >= 11 is 0. The Morgan fingerprint density at radius 1 is 0.909 bits per heavy atom. The molecule has 0 spiro atoms. The Morgan fingerprint density at radius 3 is 2.20 bits per heavy atom. The lowest BCUT2D eigenvalue weighted by atomic mass is 9.83. The van der Waals surface area contributed by atoms with E-state index in [0.29, 0.717) is 12.8 Å². The van der Waals surface area contributed by atoms with Crippen LogP contribution in [0, 0.1) is 0 Å². The van der Waals surface area contributed by atoms with Gasteiger partial charge in [0.1, 0.15) is 42.7 Å². The highest BCUT2D eigenvalue weighted by Crippen LogP contribution is 2.32. The molecule has 0 aromatic carbocycles. The molecule has 0 bridgehead atoms. The van der Waals surface area contributed by atoms with Gasteiger partial charge in [-0.15, -0.1) is 0 Å². The Kier molecular flexibility index (Phi) is 13.6. The number of hydrogen-bond acceptors (Lipinski definition) is 15. The molecular formula is C26H48N6O12. The summed E-state index contributed by atoms with van der Waals surface area (Å²) in [6, 6.07) is -3.89. The van der Waals surface area contributed by atoms with Gasteiger partial charge in [0.05, 0.1) is 30.8 Å². The van der Waals surface area contributed by atoms with Crippen LogP contribution in [0.4, 0.5) is 0 Å². The Hall–Kier alpha value is -2.07. The van der Waals surface area contributed by atoms with E-state index in [1.54, 1.807) is 0 Å². The molecule has 2 aliphatic heterocycles. The fourth-order valence-electron chi connectivity index (χ4n) is 5.63.